The average molecular weight is 300 g/mol. The van der Waals surface area contributed by atoms with E-state index < -0.39 is 15.8 Å². The van der Waals surface area contributed by atoms with Gasteiger partial charge in [0.05, 0.1) is 0 Å². The van der Waals surface area contributed by atoms with Crippen molar-refractivity contribution in [2.75, 3.05) is 13.6 Å². The number of rotatable bonds is 8. The molecule has 1 aliphatic carbocycles. The predicted octanol–water partition coefficient (Wildman–Crippen LogP) is 2.01. The fourth-order valence-corrected chi connectivity index (χ4v) is 3.35. The van der Waals surface area contributed by atoms with Gasteiger partial charge in [-0.2, -0.15) is 0 Å². The van der Waals surface area contributed by atoms with Crippen LogP contribution in [0.15, 0.2) is 23.1 Å². The number of sulfonamides is 1. The van der Waals surface area contributed by atoms with Crippen LogP contribution in [0.4, 0.5) is 4.39 Å². The number of benzene rings is 1. The minimum absolute atomic E-state index is 0.267. The van der Waals surface area contributed by atoms with Crippen LogP contribution in [-0.4, -0.2) is 22.0 Å². The second-order valence-electron chi connectivity index (χ2n) is 5.28. The molecular formula is C14H21FN2O2S. The first-order chi connectivity index (χ1) is 9.53. The lowest BCUT2D eigenvalue weighted by atomic mass is 10.2. The summed E-state index contributed by atoms with van der Waals surface area (Å²) in [4.78, 5) is -0.267. The molecule has 0 aliphatic heterocycles. The minimum atomic E-state index is -3.76. The fourth-order valence-electron chi connectivity index (χ4n) is 2.15. The monoisotopic (exact) mass is 300 g/mol. The molecule has 0 saturated heterocycles. The Hall–Kier alpha value is -0.980. The molecule has 1 fully saturated rings. The van der Waals surface area contributed by atoms with Gasteiger partial charge in [0.2, 0.25) is 10.0 Å². The summed E-state index contributed by atoms with van der Waals surface area (Å²) in [5.41, 5.74) is 0.743. The van der Waals surface area contributed by atoms with Gasteiger partial charge in [-0.25, -0.2) is 17.5 Å². The Bertz CT molecular complexity index is 556. The molecule has 1 aliphatic rings. The van der Waals surface area contributed by atoms with Crippen molar-refractivity contribution in [2.24, 2.45) is 5.92 Å². The Morgan fingerprint density at radius 3 is 2.75 bits per heavy atom. The lowest BCUT2D eigenvalue weighted by Crippen LogP contribution is -2.26. The molecule has 0 bridgehead atoms. The van der Waals surface area contributed by atoms with Gasteiger partial charge in [-0.1, -0.05) is 18.9 Å². The topological polar surface area (TPSA) is 58.2 Å². The van der Waals surface area contributed by atoms with E-state index in [4.69, 9.17) is 0 Å². The molecule has 0 radical (unpaired) electrons. The molecule has 0 aromatic heterocycles. The highest BCUT2D eigenvalue weighted by molar-refractivity contribution is 7.89. The van der Waals surface area contributed by atoms with Gasteiger partial charge in [0.25, 0.3) is 0 Å². The molecule has 2 rings (SSSR count). The van der Waals surface area contributed by atoms with E-state index in [0.29, 0.717) is 13.1 Å². The molecule has 0 atom stereocenters. The molecule has 0 amide bonds. The van der Waals surface area contributed by atoms with Gasteiger partial charge in [-0.15, -0.1) is 0 Å². The van der Waals surface area contributed by atoms with E-state index >= 15 is 0 Å². The van der Waals surface area contributed by atoms with Gasteiger partial charge in [-0.05, 0) is 43.5 Å². The number of hydrogen-bond acceptors (Lipinski definition) is 3. The third-order valence-corrected chi connectivity index (χ3v) is 4.92. The highest BCUT2D eigenvalue weighted by atomic mass is 32.2. The molecule has 1 aromatic rings. The average Bonchev–Trinajstić information content (AvgIpc) is 3.21. The van der Waals surface area contributed by atoms with E-state index in [1.54, 1.807) is 13.1 Å². The Morgan fingerprint density at radius 2 is 2.10 bits per heavy atom. The van der Waals surface area contributed by atoms with Gasteiger partial charge < -0.3 is 5.32 Å². The molecule has 1 aromatic carbocycles. The zero-order chi connectivity index (χ0) is 14.6. The van der Waals surface area contributed by atoms with Crippen molar-refractivity contribution in [1.82, 2.24) is 10.0 Å². The summed E-state index contributed by atoms with van der Waals surface area (Å²) in [6, 6.07) is 4.17. The summed E-state index contributed by atoms with van der Waals surface area (Å²) in [6.45, 7) is 0.874. The smallest absolute Gasteiger partial charge is 0.243 e. The first-order valence-electron chi connectivity index (χ1n) is 6.95. The van der Waals surface area contributed by atoms with Gasteiger partial charge in [0.15, 0.2) is 0 Å². The lowest BCUT2D eigenvalue weighted by Gasteiger charge is -2.09. The van der Waals surface area contributed by atoms with Crippen molar-refractivity contribution in [3.63, 3.8) is 0 Å². The summed E-state index contributed by atoms with van der Waals surface area (Å²) in [6.07, 6.45) is 4.37. The van der Waals surface area contributed by atoms with Crippen LogP contribution in [0.25, 0.3) is 0 Å². The van der Waals surface area contributed by atoms with Gasteiger partial charge >= 0.3 is 0 Å². The van der Waals surface area contributed by atoms with Crippen LogP contribution in [0, 0.1) is 11.7 Å². The van der Waals surface area contributed by atoms with E-state index in [-0.39, 0.29) is 4.90 Å². The van der Waals surface area contributed by atoms with Crippen molar-refractivity contribution in [3.8, 4) is 0 Å². The summed E-state index contributed by atoms with van der Waals surface area (Å²) in [5, 5.41) is 2.92. The Balaban J connectivity index is 2.00. The normalized spacial score (nSPS) is 15.5. The third-order valence-electron chi connectivity index (χ3n) is 3.44. The molecule has 2 N–H and O–H groups in total. The zero-order valence-corrected chi connectivity index (χ0v) is 12.5. The van der Waals surface area contributed by atoms with Crippen LogP contribution >= 0.6 is 0 Å². The Morgan fingerprint density at radius 1 is 1.35 bits per heavy atom. The molecule has 112 valence electrons. The third kappa shape index (κ3) is 4.26. The number of halogens is 1. The van der Waals surface area contributed by atoms with Crippen LogP contribution in [0.1, 0.15) is 31.2 Å². The highest BCUT2D eigenvalue weighted by Gasteiger charge is 2.22. The van der Waals surface area contributed by atoms with E-state index in [2.05, 4.69) is 10.0 Å². The van der Waals surface area contributed by atoms with Crippen LogP contribution < -0.4 is 10.0 Å². The summed E-state index contributed by atoms with van der Waals surface area (Å²) < 4.78 is 40.4. The van der Waals surface area contributed by atoms with Gasteiger partial charge in [0, 0.05) is 13.1 Å². The van der Waals surface area contributed by atoms with E-state index in [1.807, 2.05) is 0 Å². The van der Waals surface area contributed by atoms with E-state index in [9.17, 15) is 12.8 Å². The van der Waals surface area contributed by atoms with Gasteiger partial charge in [0.1, 0.15) is 10.7 Å². The van der Waals surface area contributed by atoms with Crippen LogP contribution in [0.5, 0.6) is 0 Å². The molecule has 0 spiro atoms. The van der Waals surface area contributed by atoms with Crippen LogP contribution in [0.3, 0.4) is 0 Å². The first-order valence-corrected chi connectivity index (χ1v) is 8.44. The van der Waals surface area contributed by atoms with Crippen LogP contribution in [0.2, 0.25) is 0 Å². The second kappa shape index (κ2) is 6.65. The van der Waals surface area contributed by atoms with Crippen LogP contribution in [-0.2, 0) is 16.6 Å². The summed E-state index contributed by atoms with van der Waals surface area (Å²) in [5.74, 6) is 0.0646. The maximum Gasteiger partial charge on any atom is 0.243 e. The standard InChI is InChI=1S/C14H21FN2O2S/c1-16-10-12-6-7-13(15)14(9-12)20(18,19)17-8-2-3-11-4-5-11/h6-7,9,11,16-17H,2-5,8,10H2,1H3. The Kier molecular flexibility index (Phi) is 5.12. The maximum atomic E-state index is 13.7. The second-order valence-corrected chi connectivity index (χ2v) is 7.01. The van der Waals surface area contributed by atoms with Gasteiger partial charge in [-0.3, -0.25) is 0 Å². The quantitative estimate of drug-likeness (QED) is 0.722. The number of nitrogens with one attached hydrogen (secondary N) is 2. The highest BCUT2D eigenvalue weighted by Crippen LogP contribution is 2.33. The van der Waals surface area contributed by atoms with Crippen molar-refractivity contribution in [1.29, 1.82) is 0 Å². The number of hydrogen-bond donors (Lipinski definition) is 2. The molecule has 6 heteroatoms. The first kappa shape index (κ1) is 15.4. The molecule has 0 unspecified atom stereocenters. The zero-order valence-electron chi connectivity index (χ0n) is 11.7. The molecule has 4 nitrogen and oxygen atoms in total. The van der Waals surface area contributed by atoms with Crippen molar-refractivity contribution < 1.29 is 12.8 Å². The largest absolute Gasteiger partial charge is 0.316 e. The van der Waals surface area contributed by atoms with Crippen molar-refractivity contribution in [3.05, 3.63) is 29.6 Å². The lowest BCUT2D eigenvalue weighted by molar-refractivity contribution is 0.551. The molecule has 1 saturated carbocycles. The predicted molar refractivity (Wildman–Crippen MR) is 76.3 cm³/mol. The Labute approximate surface area is 119 Å². The molecular weight excluding hydrogens is 279 g/mol. The van der Waals surface area contributed by atoms with E-state index in [0.717, 1.165) is 24.3 Å². The maximum absolute atomic E-state index is 13.7. The SMILES string of the molecule is CNCc1ccc(F)c(S(=O)(=O)NCCCC2CC2)c1. The summed E-state index contributed by atoms with van der Waals surface area (Å²) in [7, 11) is -2.00. The fraction of sp³-hybridized carbons (Fsp3) is 0.571. The molecule has 0 heterocycles. The minimum Gasteiger partial charge on any atom is -0.316 e. The summed E-state index contributed by atoms with van der Waals surface area (Å²) >= 11 is 0. The van der Waals surface area contributed by atoms with Crippen molar-refractivity contribution in [2.45, 2.75) is 37.1 Å². The molecule has 20 heavy (non-hydrogen) atoms. The van der Waals surface area contributed by atoms with E-state index in [1.165, 1.54) is 25.0 Å². The van der Waals surface area contributed by atoms with Crippen molar-refractivity contribution >= 4 is 10.0 Å².